The molecule has 0 aliphatic carbocycles. The molecule has 0 saturated carbocycles. The van der Waals surface area contributed by atoms with Crippen LogP contribution < -0.4 is 0 Å². The number of carbonyl (C=O) groups excluding carboxylic acids is 2. The van der Waals surface area contributed by atoms with Crippen molar-refractivity contribution in [2.24, 2.45) is 4.99 Å². The molecular weight excluding hydrogens is 314 g/mol. The molecular formula is C17H13NO4S. The third kappa shape index (κ3) is 4.57. The number of aliphatic imine (C=N–C) groups is 1. The van der Waals surface area contributed by atoms with E-state index in [1.54, 1.807) is 48.5 Å². The summed E-state index contributed by atoms with van der Waals surface area (Å²) in [5.41, 5.74) is 1.98. The summed E-state index contributed by atoms with van der Waals surface area (Å²) >= 11 is 4.53. The molecule has 6 heteroatoms. The van der Waals surface area contributed by atoms with E-state index in [4.69, 9.17) is 4.74 Å². The molecule has 0 aliphatic heterocycles. The lowest BCUT2D eigenvalue weighted by molar-refractivity contribution is 0.0472. The number of nitrogens with zero attached hydrogens (tertiary/aromatic N) is 1. The van der Waals surface area contributed by atoms with Crippen LogP contribution in [0.4, 0.5) is 5.69 Å². The number of hydrogen-bond donors (Lipinski definition) is 0. The van der Waals surface area contributed by atoms with Crippen LogP contribution in [-0.2, 0) is 16.1 Å². The molecule has 0 unspecified atom stereocenters. The molecule has 2 rings (SSSR count). The third-order valence-electron chi connectivity index (χ3n) is 2.97. The standard InChI is InChI=1S/C17H13NO4S/c1-21-16(19)13-5-2-4-12(8-13)10-22-17(20)14-6-3-7-15(9-14)18-11-23/h2-9H,10H2,1H3. The summed E-state index contributed by atoms with van der Waals surface area (Å²) < 4.78 is 9.89. The maximum absolute atomic E-state index is 12.0. The second-order valence-electron chi connectivity index (χ2n) is 4.52. The van der Waals surface area contributed by atoms with Gasteiger partial charge < -0.3 is 9.47 Å². The Morgan fingerprint density at radius 2 is 1.78 bits per heavy atom. The molecule has 0 saturated heterocycles. The SMILES string of the molecule is COC(=O)c1cccc(COC(=O)c2cccc(N=C=S)c2)c1. The minimum atomic E-state index is -0.491. The summed E-state index contributed by atoms with van der Waals surface area (Å²) in [5.74, 6) is -0.932. The molecule has 0 atom stereocenters. The fourth-order valence-corrected chi connectivity index (χ4v) is 2.00. The number of esters is 2. The van der Waals surface area contributed by atoms with Gasteiger partial charge in [-0.3, -0.25) is 0 Å². The van der Waals surface area contributed by atoms with E-state index in [-0.39, 0.29) is 6.61 Å². The average molecular weight is 327 g/mol. The molecule has 5 nitrogen and oxygen atoms in total. The maximum Gasteiger partial charge on any atom is 0.338 e. The van der Waals surface area contributed by atoms with Gasteiger partial charge >= 0.3 is 11.9 Å². The van der Waals surface area contributed by atoms with Gasteiger partial charge in [-0.25, -0.2) is 9.59 Å². The van der Waals surface area contributed by atoms with Crippen molar-refractivity contribution >= 4 is 35.0 Å². The van der Waals surface area contributed by atoms with Crippen molar-refractivity contribution in [3.63, 3.8) is 0 Å². The van der Waals surface area contributed by atoms with Crippen molar-refractivity contribution in [2.45, 2.75) is 6.61 Å². The maximum atomic E-state index is 12.0. The number of isothiocyanates is 1. The number of methoxy groups -OCH3 is 1. The van der Waals surface area contributed by atoms with E-state index in [9.17, 15) is 9.59 Å². The summed E-state index contributed by atoms with van der Waals surface area (Å²) in [6, 6.07) is 13.3. The van der Waals surface area contributed by atoms with E-state index < -0.39 is 11.9 Å². The van der Waals surface area contributed by atoms with Gasteiger partial charge in [-0.2, -0.15) is 4.99 Å². The van der Waals surface area contributed by atoms with Crippen LogP contribution in [0.3, 0.4) is 0 Å². The second-order valence-corrected chi connectivity index (χ2v) is 4.70. The zero-order valence-corrected chi connectivity index (χ0v) is 13.1. The fraction of sp³-hybridized carbons (Fsp3) is 0.118. The minimum Gasteiger partial charge on any atom is -0.465 e. The summed E-state index contributed by atoms with van der Waals surface area (Å²) in [5, 5.41) is 2.24. The first kappa shape index (κ1) is 16.5. The van der Waals surface area contributed by atoms with Gasteiger partial charge in [0.05, 0.1) is 29.1 Å². The second kappa shape index (κ2) is 7.98. The van der Waals surface area contributed by atoms with Crippen molar-refractivity contribution in [3.05, 3.63) is 65.2 Å². The van der Waals surface area contributed by atoms with E-state index in [0.717, 1.165) is 0 Å². The Kier molecular flexibility index (Phi) is 5.74. The molecule has 0 heterocycles. The van der Waals surface area contributed by atoms with Crippen molar-refractivity contribution in [2.75, 3.05) is 7.11 Å². The Balaban J connectivity index is 2.06. The Bertz CT molecular complexity index is 782. The van der Waals surface area contributed by atoms with Gasteiger partial charge in [-0.15, -0.1) is 0 Å². The first-order valence-electron chi connectivity index (χ1n) is 6.66. The van der Waals surface area contributed by atoms with Gasteiger partial charge in [-0.05, 0) is 48.1 Å². The Hall–Kier alpha value is -2.82. The van der Waals surface area contributed by atoms with Gasteiger partial charge in [0.25, 0.3) is 0 Å². The largest absolute Gasteiger partial charge is 0.465 e. The number of benzene rings is 2. The van der Waals surface area contributed by atoms with Crippen molar-refractivity contribution < 1.29 is 19.1 Å². The highest BCUT2D eigenvalue weighted by atomic mass is 32.1. The highest BCUT2D eigenvalue weighted by Crippen LogP contribution is 2.15. The summed E-state index contributed by atoms with van der Waals surface area (Å²) in [6.07, 6.45) is 0. The van der Waals surface area contributed by atoms with Crippen molar-refractivity contribution in [3.8, 4) is 0 Å². The van der Waals surface area contributed by atoms with Gasteiger partial charge in [0.1, 0.15) is 6.61 Å². The van der Waals surface area contributed by atoms with Gasteiger partial charge in [0.15, 0.2) is 0 Å². The molecule has 0 aromatic heterocycles. The Morgan fingerprint density at radius 1 is 1.09 bits per heavy atom. The van der Waals surface area contributed by atoms with Crippen LogP contribution in [0.25, 0.3) is 0 Å². The summed E-state index contributed by atoms with van der Waals surface area (Å²) in [6.45, 7) is 0.0460. The molecule has 2 aromatic rings. The van der Waals surface area contributed by atoms with Crippen molar-refractivity contribution in [1.82, 2.24) is 0 Å². The lowest BCUT2D eigenvalue weighted by atomic mass is 10.1. The molecule has 0 spiro atoms. The molecule has 0 N–H and O–H groups in total. The molecule has 0 fully saturated rings. The molecule has 0 bridgehead atoms. The van der Waals surface area contributed by atoms with Crippen molar-refractivity contribution in [1.29, 1.82) is 0 Å². The van der Waals surface area contributed by atoms with E-state index in [1.807, 2.05) is 0 Å². The first-order valence-corrected chi connectivity index (χ1v) is 7.07. The Labute approximate surface area is 138 Å². The minimum absolute atomic E-state index is 0.0460. The quantitative estimate of drug-likeness (QED) is 0.477. The molecule has 0 aliphatic rings. The third-order valence-corrected chi connectivity index (χ3v) is 3.07. The van der Waals surface area contributed by atoms with Crippen LogP contribution in [0.1, 0.15) is 26.3 Å². The van der Waals surface area contributed by atoms with Gasteiger partial charge in [-0.1, -0.05) is 18.2 Å². The number of thiocarbonyl (C=S) groups is 1. The normalized spacial score (nSPS) is 9.61. The van der Waals surface area contributed by atoms with Crippen LogP contribution in [0, 0.1) is 0 Å². The lowest BCUT2D eigenvalue weighted by Gasteiger charge is -2.06. The molecule has 23 heavy (non-hydrogen) atoms. The highest BCUT2D eigenvalue weighted by molar-refractivity contribution is 7.78. The smallest absolute Gasteiger partial charge is 0.338 e. The number of ether oxygens (including phenoxy) is 2. The molecule has 2 aromatic carbocycles. The molecule has 116 valence electrons. The highest BCUT2D eigenvalue weighted by Gasteiger charge is 2.10. The van der Waals surface area contributed by atoms with E-state index in [1.165, 1.54) is 7.11 Å². The van der Waals surface area contributed by atoms with Gasteiger partial charge in [0, 0.05) is 0 Å². The Morgan fingerprint density at radius 3 is 2.48 bits per heavy atom. The van der Waals surface area contributed by atoms with E-state index in [0.29, 0.717) is 22.4 Å². The van der Waals surface area contributed by atoms with Crippen LogP contribution in [0.5, 0.6) is 0 Å². The number of hydrogen-bond acceptors (Lipinski definition) is 6. The van der Waals surface area contributed by atoms with Crippen LogP contribution in [-0.4, -0.2) is 24.2 Å². The topological polar surface area (TPSA) is 65.0 Å². The van der Waals surface area contributed by atoms with Crippen LogP contribution >= 0.6 is 12.2 Å². The monoisotopic (exact) mass is 327 g/mol. The number of carbonyl (C=O) groups is 2. The van der Waals surface area contributed by atoms with E-state index in [2.05, 4.69) is 27.1 Å². The summed E-state index contributed by atoms with van der Waals surface area (Å²) in [4.78, 5) is 27.3. The average Bonchev–Trinajstić information content (AvgIpc) is 2.59. The van der Waals surface area contributed by atoms with Gasteiger partial charge in [0.2, 0.25) is 0 Å². The number of rotatable bonds is 5. The zero-order valence-electron chi connectivity index (χ0n) is 12.3. The zero-order chi connectivity index (χ0) is 16.7. The summed E-state index contributed by atoms with van der Waals surface area (Å²) in [7, 11) is 1.31. The first-order chi connectivity index (χ1) is 11.1. The van der Waals surface area contributed by atoms with E-state index >= 15 is 0 Å². The lowest BCUT2D eigenvalue weighted by Crippen LogP contribution is -2.06. The predicted octanol–water partition coefficient (Wildman–Crippen LogP) is 3.56. The van der Waals surface area contributed by atoms with Crippen LogP contribution in [0.2, 0.25) is 0 Å². The predicted molar refractivity (Wildman–Crippen MR) is 88.0 cm³/mol. The fourth-order valence-electron chi connectivity index (χ4n) is 1.89. The molecule has 0 amide bonds. The molecule has 0 radical (unpaired) electrons. The van der Waals surface area contributed by atoms with Crippen LogP contribution in [0.15, 0.2) is 53.5 Å².